The molecule has 1 aliphatic carbocycles. The summed E-state index contributed by atoms with van der Waals surface area (Å²) >= 11 is 1.34. The molecular formula is C42H61N7O8S2. The number of aliphatic hydroxyl groups excluding tert-OH is 1. The summed E-state index contributed by atoms with van der Waals surface area (Å²) in [6.07, 6.45) is 3.82. The highest BCUT2D eigenvalue weighted by atomic mass is 32.2. The van der Waals surface area contributed by atoms with Gasteiger partial charge in [-0.25, -0.2) is 23.0 Å². The molecule has 4 rings (SSSR count). The van der Waals surface area contributed by atoms with Gasteiger partial charge in [0.15, 0.2) is 0 Å². The van der Waals surface area contributed by atoms with Crippen molar-refractivity contribution < 1.29 is 37.9 Å². The smallest absolute Gasteiger partial charge is 0.408 e. The molecular weight excluding hydrogens is 795 g/mol. The van der Waals surface area contributed by atoms with Gasteiger partial charge in [0.2, 0.25) is 15.9 Å². The number of sulfonamides is 1. The van der Waals surface area contributed by atoms with Gasteiger partial charge < -0.3 is 35.9 Å². The summed E-state index contributed by atoms with van der Waals surface area (Å²) < 4.78 is 35.0. The second kappa shape index (κ2) is 21.6. The molecule has 4 amide bonds. The topological polar surface area (TPSA) is 203 Å². The average molecular weight is 856 g/mol. The van der Waals surface area contributed by atoms with Gasteiger partial charge in [-0.3, -0.25) is 4.79 Å². The molecule has 1 heterocycles. The zero-order chi connectivity index (χ0) is 43.3. The van der Waals surface area contributed by atoms with E-state index in [-0.39, 0.29) is 42.8 Å². The van der Waals surface area contributed by atoms with Gasteiger partial charge in [-0.15, -0.1) is 11.3 Å². The summed E-state index contributed by atoms with van der Waals surface area (Å²) in [4.78, 5) is 46.2. The second-order valence-electron chi connectivity index (χ2n) is 16.4. The van der Waals surface area contributed by atoms with Gasteiger partial charge in [0.1, 0.15) is 16.7 Å². The zero-order valence-electron chi connectivity index (χ0n) is 35.1. The van der Waals surface area contributed by atoms with E-state index in [0.29, 0.717) is 22.7 Å². The van der Waals surface area contributed by atoms with E-state index in [4.69, 9.17) is 9.94 Å². The van der Waals surface area contributed by atoms with Crippen molar-refractivity contribution in [3.8, 4) is 0 Å². The first-order valence-electron chi connectivity index (χ1n) is 20.2. The SMILES string of the molecule is CC[C@H](C)[C@H](NC(=O)N(C)Cc1csc([C@H](C)NC(=O)OC(C)(C)C)n1)C(=O)N[C@@H](Cc1ccccc1)[C@H](O)CN(CC1CCCC1)S(=O)(=O)c1ccc(/C=N/O)cc1. The number of nitrogens with one attached hydrogen (secondary N) is 3. The number of amides is 4. The van der Waals surface area contributed by atoms with Crippen molar-refractivity contribution in [2.24, 2.45) is 17.0 Å². The van der Waals surface area contributed by atoms with Gasteiger partial charge in [0.25, 0.3) is 0 Å². The minimum Gasteiger partial charge on any atom is -0.444 e. The number of rotatable bonds is 19. The Morgan fingerprint density at radius 1 is 1.03 bits per heavy atom. The summed E-state index contributed by atoms with van der Waals surface area (Å²) in [7, 11) is -2.49. The molecule has 1 aromatic heterocycles. The van der Waals surface area contributed by atoms with E-state index in [0.717, 1.165) is 31.2 Å². The van der Waals surface area contributed by atoms with E-state index < -0.39 is 57.9 Å². The number of carbonyl (C=O) groups excluding carboxylic acids is 3. The van der Waals surface area contributed by atoms with Crippen LogP contribution in [0.2, 0.25) is 0 Å². The number of benzene rings is 2. The van der Waals surface area contributed by atoms with E-state index in [9.17, 15) is 27.9 Å². The third-order valence-electron chi connectivity index (χ3n) is 10.3. The van der Waals surface area contributed by atoms with Crippen molar-refractivity contribution in [3.05, 3.63) is 81.8 Å². The van der Waals surface area contributed by atoms with Crippen molar-refractivity contribution in [1.29, 1.82) is 0 Å². The first kappa shape index (κ1) is 47.1. The number of hydrogen-bond donors (Lipinski definition) is 5. The van der Waals surface area contributed by atoms with Gasteiger partial charge in [-0.05, 0) is 82.1 Å². The molecule has 1 aliphatic rings. The molecule has 324 valence electrons. The number of ether oxygens (including phenoxy) is 1. The fourth-order valence-corrected chi connectivity index (χ4v) is 9.20. The van der Waals surface area contributed by atoms with Gasteiger partial charge in [0.05, 0.1) is 41.5 Å². The van der Waals surface area contributed by atoms with Gasteiger partial charge in [-0.1, -0.05) is 80.7 Å². The monoisotopic (exact) mass is 855 g/mol. The lowest BCUT2D eigenvalue weighted by Gasteiger charge is -2.33. The van der Waals surface area contributed by atoms with Crippen LogP contribution in [0.1, 0.15) is 102 Å². The van der Waals surface area contributed by atoms with E-state index >= 15 is 0 Å². The molecule has 0 aliphatic heterocycles. The third-order valence-corrected chi connectivity index (χ3v) is 13.3. The normalized spacial score (nSPS) is 16.3. The molecule has 15 nitrogen and oxygen atoms in total. The van der Waals surface area contributed by atoms with E-state index in [1.807, 2.05) is 44.2 Å². The zero-order valence-corrected chi connectivity index (χ0v) is 36.8. The van der Waals surface area contributed by atoms with Crippen molar-refractivity contribution in [3.63, 3.8) is 0 Å². The minimum absolute atomic E-state index is 0.0333. The van der Waals surface area contributed by atoms with Crippen LogP contribution in [0.25, 0.3) is 0 Å². The summed E-state index contributed by atoms with van der Waals surface area (Å²) in [6, 6.07) is 12.4. The van der Waals surface area contributed by atoms with Crippen LogP contribution in [-0.4, -0.2) is 101 Å². The molecule has 17 heteroatoms. The largest absolute Gasteiger partial charge is 0.444 e. The standard InChI is InChI=1S/C42H61N7O8S2/c1-8-28(2)37(47-40(52)48(7)25-33-27-58-39(45-33)29(3)44-41(53)57-42(4,5)6)38(51)46-35(22-30-14-10-9-11-15-30)36(50)26-49(24-32-16-12-13-17-32)59(55,56)34-20-18-31(19-21-34)23-43-54/h9-11,14-15,18-21,23,27-29,32,35-37,50,54H,8,12-13,16-17,22,24-26H2,1-7H3,(H,44,53)(H,46,51)(H,47,52)/b43-23+/t28-,29-,35-,36+,37-/m0/s1. The second-order valence-corrected chi connectivity index (χ2v) is 19.2. The average Bonchev–Trinajstić information content (AvgIpc) is 3.88. The van der Waals surface area contributed by atoms with Gasteiger partial charge in [0, 0.05) is 25.5 Å². The van der Waals surface area contributed by atoms with Crippen LogP contribution in [-0.2, 0) is 32.5 Å². The number of oxime groups is 1. The molecule has 0 spiro atoms. The number of urea groups is 1. The number of thiazole rings is 1. The predicted octanol–water partition coefficient (Wildman–Crippen LogP) is 6.06. The molecule has 0 bridgehead atoms. The molecule has 5 atom stereocenters. The fourth-order valence-electron chi connectivity index (χ4n) is 6.85. The molecule has 59 heavy (non-hydrogen) atoms. The fraction of sp³-hybridized carbons (Fsp3) is 0.548. The highest BCUT2D eigenvalue weighted by Gasteiger charge is 2.35. The lowest BCUT2D eigenvalue weighted by atomic mass is 9.96. The first-order valence-corrected chi connectivity index (χ1v) is 22.5. The summed E-state index contributed by atoms with van der Waals surface area (Å²) in [6.45, 7) is 11.0. The van der Waals surface area contributed by atoms with Crippen LogP contribution < -0.4 is 16.0 Å². The number of alkyl carbamates (subject to hydrolysis) is 1. The molecule has 5 N–H and O–H groups in total. The van der Waals surface area contributed by atoms with Crippen molar-refractivity contribution in [2.45, 2.75) is 121 Å². The van der Waals surface area contributed by atoms with Gasteiger partial charge in [-0.2, -0.15) is 4.31 Å². The van der Waals surface area contributed by atoms with Crippen molar-refractivity contribution in [2.75, 3.05) is 20.1 Å². The Morgan fingerprint density at radius 3 is 2.31 bits per heavy atom. The molecule has 3 aromatic rings. The van der Waals surface area contributed by atoms with Crippen molar-refractivity contribution in [1.82, 2.24) is 30.1 Å². The van der Waals surface area contributed by atoms with E-state index in [1.165, 1.54) is 51.0 Å². The van der Waals surface area contributed by atoms with E-state index in [1.54, 1.807) is 40.1 Å². The summed E-state index contributed by atoms with van der Waals surface area (Å²) in [5.74, 6) is -0.689. The Morgan fingerprint density at radius 2 is 1.69 bits per heavy atom. The maximum absolute atomic E-state index is 14.2. The third kappa shape index (κ3) is 14.3. The highest BCUT2D eigenvalue weighted by molar-refractivity contribution is 7.89. The number of aromatic nitrogens is 1. The van der Waals surface area contributed by atoms with Crippen LogP contribution in [0, 0.1) is 11.8 Å². The minimum atomic E-state index is -4.09. The van der Waals surface area contributed by atoms with Crippen LogP contribution in [0.5, 0.6) is 0 Å². The Labute approximate surface area is 352 Å². The number of nitrogens with zero attached hydrogens (tertiary/aromatic N) is 4. The quantitative estimate of drug-likeness (QED) is 0.0540. The summed E-state index contributed by atoms with van der Waals surface area (Å²) in [5.41, 5.74) is 1.30. The molecule has 1 fully saturated rings. The first-order chi connectivity index (χ1) is 27.9. The molecule has 0 radical (unpaired) electrons. The Balaban J connectivity index is 1.51. The number of hydrogen-bond acceptors (Lipinski definition) is 11. The Bertz CT molecular complexity index is 1950. The maximum Gasteiger partial charge on any atom is 0.408 e. The van der Waals surface area contributed by atoms with Crippen LogP contribution in [0.4, 0.5) is 9.59 Å². The van der Waals surface area contributed by atoms with Crippen LogP contribution in [0.15, 0.2) is 70.0 Å². The van der Waals surface area contributed by atoms with Crippen LogP contribution >= 0.6 is 11.3 Å². The Kier molecular flexibility index (Phi) is 17.3. The lowest BCUT2D eigenvalue weighted by molar-refractivity contribution is -0.125. The number of carbonyl (C=O) groups is 3. The molecule has 1 saturated carbocycles. The molecule has 0 unspecified atom stereocenters. The molecule has 2 aromatic carbocycles. The Hall–Kier alpha value is -4.58. The maximum atomic E-state index is 14.2. The van der Waals surface area contributed by atoms with Gasteiger partial charge >= 0.3 is 12.1 Å². The number of aliphatic hydroxyl groups is 1. The molecule has 0 saturated heterocycles. The lowest BCUT2D eigenvalue weighted by Crippen LogP contribution is -2.58. The predicted molar refractivity (Wildman–Crippen MR) is 228 cm³/mol. The van der Waals surface area contributed by atoms with Crippen LogP contribution in [0.3, 0.4) is 0 Å². The van der Waals surface area contributed by atoms with E-state index in [2.05, 4.69) is 26.1 Å². The van der Waals surface area contributed by atoms with Crippen molar-refractivity contribution >= 4 is 45.6 Å². The highest BCUT2D eigenvalue weighted by Crippen LogP contribution is 2.29. The summed E-state index contributed by atoms with van der Waals surface area (Å²) in [5, 5.41) is 35.0.